The third kappa shape index (κ3) is 1.58. The molecule has 2 aromatic heterocycles. The lowest BCUT2D eigenvalue weighted by atomic mass is 9.91. The van der Waals surface area contributed by atoms with Gasteiger partial charge in [-0.2, -0.15) is 0 Å². The molecule has 0 atom stereocenters. The summed E-state index contributed by atoms with van der Waals surface area (Å²) in [6.45, 7) is 0. The van der Waals surface area contributed by atoms with Gasteiger partial charge in [0.15, 0.2) is 0 Å². The van der Waals surface area contributed by atoms with E-state index in [9.17, 15) is 4.79 Å². The van der Waals surface area contributed by atoms with Crippen molar-refractivity contribution in [2.75, 3.05) is 0 Å². The Morgan fingerprint density at radius 3 is 2.80 bits per heavy atom. The van der Waals surface area contributed by atoms with Gasteiger partial charge in [0.2, 0.25) is 0 Å². The van der Waals surface area contributed by atoms with Crippen molar-refractivity contribution in [1.82, 2.24) is 4.98 Å². The molecule has 1 aromatic carbocycles. The van der Waals surface area contributed by atoms with Gasteiger partial charge >= 0.3 is 5.63 Å². The number of benzene rings is 1. The fourth-order valence-electron chi connectivity index (χ4n) is 3.19. The van der Waals surface area contributed by atoms with E-state index >= 15 is 0 Å². The third-order valence-electron chi connectivity index (χ3n) is 4.07. The fourth-order valence-corrected chi connectivity index (χ4v) is 3.50. The molecule has 0 fully saturated rings. The number of nitrogens with one attached hydrogen (secondary N) is 1. The number of aryl methyl sites for hydroxylation is 2. The average molecular weight is 283 g/mol. The van der Waals surface area contributed by atoms with Gasteiger partial charge in [-0.05, 0) is 37.3 Å². The van der Waals surface area contributed by atoms with Crippen LogP contribution in [0, 0.1) is 4.64 Å². The molecule has 100 valence electrons. The molecule has 1 aliphatic carbocycles. The first-order valence-electron chi connectivity index (χ1n) is 6.85. The maximum absolute atomic E-state index is 12.2. The molecule has 0 bridgehead atoms. The highest BCUT2D eigenvalue weighted by molar-refractivity contribution is 7.71. The van der Waals surface area contributed by atoms with Crippen LogP contribution < -0.4 is 5.63 Å². The molecule has 4 heteroatoms. The van der Waals surface area contributed by atoms with Gasteiger partial charge in [0.1, 0.15) is 15.6 Å². The van der Waals surface area contributed by atoms with Crippen LogP contribution >= 0.6 is 12.2 Å². The largest absolute Gasteiger partial charge is 0.422 e. The molecule has 0 aliphatic heterocycles. The van der Waals surface area contributed by atoms with Crippen LogP contribution in [0.15, 0.2) is 33.5 Å². The topological polar surface area (TPSA) is 46.0 Å². The van der Waals surface area contributed by atoms with Crippen molar-refractivity contribution in [2.45, 2.75) is 25.7 Å². The summed E-state index contributed by atoms with van der Waals surface area (Å²) < 4.78 is 5.90. The van der Waals surface area contributed by atoms with Crippen LogP contribution in [-0.4, -0.2) is 4.98 Å². The van der Waals surface area contributed by atoms with Crippen LogP contribution in [-0.2, 0) is 12.8 Å². The standard InChI is InChI=1S/C16H13NO2S/c18-16-14-13(10-6-2-4-8-12(10)19-16)9-5-1-3-7-11(9)17-15(14)20/h2,4,6,8H,1,3,5,7H2,(H,17,20). The molecule has 0 radical (unpaired) electrons. The van der Waals surface area contributed by atoms with Crippen molar-refractivity contribution in [2.24, 2.45) is 0 Å². The smallest absolute Gasteiger partial charge is 0.347 e. The number of hydrogen-bond acceptors (Lipinski definition) is 3. The third-order valence-corrected chi connectivity index (χ3v) is 4.38. The van der Waals surface area contributed by atoms with E-state index in [2.05, 4.69) is 4.98 Å². The number of H-pyrrole nitrogens is 1. The molecule has 0 saturated carbocycles. The van der Waals surface area contributed by atoms with Gasteiger partial charge in [-0.15, -0.1) is 0 Å². The quantitative estimate of drug-likeness (QED) is 0.387. The second-order valence-electron chi connectivity index (χ2n) is 5.25. The zero-order valence-corrected chi connectivity index (χ0v) is 11.7. The Bertz CT molecular complexity index is 952. The lowest BCUT2D eigenvalue weighted by molar-refractivity contribution is 0.568. The molecule has 3 nitrogen and oxygen atoms in total. The van der Waals surface area contributed by atoms with Crippen molar-refractivity contribution in [3.8, 4) is 0 Å². The van der Waals surface area contributed by atoms with Crippen molar-refractivity contribution >= 4 is 34.0 Å². The van der Waals surface area contributed by atoms with Crippen molar-refractivity contribution in [3.63, 3.8) is 0 Å². The minimum Gasteiger partial charge on any atom is -0.422 e. The first kappa shape index (κ1) is 11.9. The predicted octanol–water partition coefficient (Wildman–Crippen LogP) is 3.88. The first-order valence-corrected chi connectivity index (χ1v) is 7.26. The second kappa shape index (κ2) is 4.28. The van der Waals surface area contributed by atoms with Crippen LogP contribution in [0.25, 0.3) is 21.7 Å². The molecule has 0 unspecified atom stereocenters. The van der Waals surface area contributed by atoms with Crippen LogP contribution in [0.1, 0.15) is 24.1 Å². The van der Waals surface area contributed by atoms with Gasteiger partial charge in [-0.1, -0.05) is 30.4 Å². The molecule has 4 rings (SSSR count). The lowest BCUT2D eigenvalue weighted by Gasteiger charge is -2.18. The van der Waals surface area contributed by atoms with Crippen molar-refractivity contribution < 1.29 is 4.42 Å². The van der Waals surface area contributed by atoms with Crippen LogP contribution in [0.4, 0.5) is 0 Å². The van der Waals surface area contributed by atoms with Crippen molar-refractivity contribution in [3.05, 3.63) is 50.6 Å². The minimum atomic E-state index is -0.340. The summed E-state index contributed by atoms with van der Waals surface area (Å²) in [5.41, 5.74) is 2.72. The summed E-state index contributed by atoms with van der Waals surface area (Å²) in [7, 11) is 0. The van der Waals surface area contributed by atoms with Crippen LogP contribution in [0.2, 0.25) is 0 Å². The van der Waals surface area contributed by atoms with E-state index in [4.69, 9.17) is 16.6 Å². The molecule has 1 N–H and O–H groups in total. The van der Waals surface area contributed by atoms with Gasteiger partial charge in [0, 0.05) is 16.5 Å². The van der Waals surface area contributed by atoms with Crippen molar-refractivity contribution in [1.29, 1.82) is 0 Å². The molecule has 3 aromatic rings. The molecule has 20 heavy (non-hydrogen) atoms. The highest BCUT2D eigenvalue weighted by Gasteiger charge is 2.18. The van der Waals surface area contributed by atoms with E-state index in [1.807, 2.05) is 24.3 Å². The van der Waals surface area contributed by atoms with E-state index in [-0.39, 0.29) is 5.63 Å². The number of pyridine rings is 1. The summed E-state index contributed by atoms with van der Waals surface area (Å²) in [4.78, 5) is 15.5. The number of aromatic amines is 1. The molecular weight excluding hydrogens is 270 g/mol. The lowest BCUT2D eigenvalue weighted by Crippen LogP contribution is -2.11. The zero-order valence-electron chi connectivity index (χ0n) is 10.9. The summed E-state index contributed by atoms with van der Waals surface area (Å²) >= 11 is 5.37. The summed E-state index contributed by atoms with van der Waals surface area (Å²) in [6.07, 6.45) is 4.32. The number of hydrogen-bond donors (Lipinski definition) is 1. The van der Waals surface area contributed by atoms with Gasteiger partial charge in [0.25, 0.3) is 0 Å². The Morgan fingerprint density at radius 2 is 1.90 bits per heavy atom. The normalized spacial score (nSPS) is 14.6. The number of aromatic nitrogens is 1. The van der Waals surface area contributed by atoms with Gasteiger partial charge in [0.05, 0.1) is 0 Å². The van der Waals surface area contributed by atoms with E-state index < -0.39 is 0 Å². The molecular formula is C16H13NO2S. The minimum absolute atomic E-state index is 0.340. The van der Waals surface area contributed by atoms with Crippen LogP contribution in [0.5, 0.6) is 0 Å². The Kier molecular flexibility index (Phi) is 2.54. The Labute approximate surface area is 120 Å². The van der Waals surface area contributed by atoms with E-state index in [1.54, 1.807) is 0 Å². The van der Waals surface area contributed by atoms with Gasteiger partial charge in [-0.3, -0.25) is 0 Å². The maximum Gasteiger partial charge on any atom is 0.347 e. The number of para-hydroxylation sites is 1. The molecule has 0 saturated heterocycles. The van der Waals surface area contributed by atoms with E-state index in [1.165, 1.54) is 17.7 Å². The van der Waals surface area contributed by atoms with Crippen LogP contribution in [0.3, 0.4) is 0 Å². The highest BCUT2D eigenvalue weighted by atomic mass is 32.1. The Hall–Kier alpha value is -1.94. The van der Waals surface area contributed by atoms with Gasteiger partial charge < -0.3 is 9.40 Å². The number of rotatable bonds is 0. The Balaban J connectivity index is 2.35. The average Bonchev–Trinajstić information content (AvgIpc) is 2.46. The molecule has 0 amide bonds. The SMILES string of the molecule is O=c1oc2ccccc2c2c3c([nH]c(=S)c12)CCCC3. The first-order chi connectivity index (χ1) is 9.75. The summed E-state index contributed by atoms with van der Waals surface area (Å²) in [5.74, 6) is 0. The Morgan fingerprint density at radius 1 is 1.10 bits per heavy atom. The fraction of sp³-hybridized carbons (Fsp3) is 0.250. The summed E-state index contributed by atoms with van der Waals surface area (Å²) in [6, 6.07) is 7.69. The molecule has 0 spiro atoms. The second-order valence-corrected chi connectivity index (χ2v) is 5.66. The van der Waals surface area contributed by atoms with Gasteiger partial charge in [-0.25, -0.2) is 4.79 Å². The molecule has 2 heterocycles. The summed E-state index contributed by atoms with van der Waals surface area (Å²) in [5, 5.41) is 2.51. The highest BCUT2D eigenvalue weighted by Crippen LogP contribution is 2.31. The maximum atomic E-state index is 12.2. The van der Waals surface area contributed by atoms with E-state index in [0.717, 1.165) is 30.0 Å². The molecule has 1 aliphatic rings. The zero-order chi connectivity index (χ0) is 13.7. The number of fused-ring (bicyclic) bond motifs is 5. The monoisotopic (exact) mass is 283 g/mol. The predicted molar refractivity (Wildman–Crippen MR) is 81.8 cm³/mol. The van der Waals surface area contributed by atoms with E-state index in [0.29, 0.717) is 15.6 Å².